The quantitative estimate of drug-likeness (QED) is 0.776. The zero-order valence-corrected chi connectivity index (χ0v) is 8.34. The molecule has 0 saturated heterocycles. The van der Waals surface area contributed by atoms with Crippen LogP contribution < -0.4 is 4.74 Å². The zero-order valence-electron chi connectivity index (χ0n) is 8.34. The van der Waals surface area contributed by atoms with Gasteiger partial charge in [0.05, 0.1) is 12.8 Å². The van der Waals surface area contributed by atoms with Crippen LogP contribution in [0.3, 0.4) is 0 Å². The van der Waals surface area contributed by atoms with E-state index in [1.807, 2.05) is 0 Å². The van der Waals surface area contributed by atoms with Crippen LogP contribution in [0.15, 0.2) is 18.3 Å². The number of hydrogen-bond acceptors (Lipinski definition) is 2. The number of rotatable bonds is 4. The normalized spacial score (nSPS) is 11.5. The molecule has 0 saturated carbocycles. The molecule has 0 aliphatic heterocycles. The number of aromatic nitrogens is 1. The van der Waals surface area contributed by atoms with Gasteiger partial charge in [-0.15, -0.1) is 0 Å². The molecule has 1 rings (SSSR count). The molecule has 1 aromatic rings. The Morgan fingerprint density at radius 1 is 1.40 bits per heavy atom. The fourth-order valence-electron chi connectivity index (χ4n) is 1.25. The molecule has 2 nitrogen and oxygen atoms in total. The third-order valence-corrected chi connectivity index (χ3v) is 1.94. The largest absolute Gasteiger partial charge is 0.495 e. The van der Waals surface area contributed by atoms with E-state index in [0.717, 1.165) is 0 Å². The average molecular weight is 219 g/mol. The minimum absolute atomic E-state index is 0.0386. The van der Waals surface area contributed by atoms with Crippen molar-refractivity contribution in [1.82, 2.24) is 4.98 Å². The maximum absolute atomic E-state index is 11.9. The molecule has 0 amide bonds. The van der Waals surface area contributed by atoms with Crippen LogP contribution in [-0.2, 0) is 6.42 Å². The molecule has 84 valence electrons. The highest BCUT2D eigenvalue weighted by Crippen LogP contribution is 2.24. The molecule has 0 N–H and O–H groups in total. The fourth-order valence-corrected chi connectivity index (χ4v) is 1.25. The molecular formula is C10H12F3NO. The maximum atomic E-state index is 11.9. The summed E-state index contributed by atoms with van der Waals surface area (Å²) in [5, 5.41) is 0. The zero-order chi connectivity index (χ0) is 11.3. The van der Waals surface area contributed by atoms with E-state index in [1.54, 1.807) is 18.3 Å². The third kappa shape index (κ3) is 4.18. The van der Waals surface area contributed by atoms with Crippen LogP contribution in [0, 0.1) is 0 Å². The summed E-state index contributed by atoms with van der Waals surface area (Å²) in [5.41, 5.74) is 0.573. The highest BCUT2D eigenvalue weighted by Gasteiger charge is 2.26. The van der Waals surface area contributed by atoms with Crippen LogP contribution in [-0.4, -0.2) is 18.3 Å². The number of halogens is 3. The maximum Gasteiger partial charge on any atom is 0.389 e. The highest BCUT2D eigenvalue weighted by atomic mass is 19.4. The lowest BCUT2D eigenvalue weighted by Gasteiger charge is -2.08. The molecule has 0 atom stereocenters. The predicted molar refractivity (Wildman–Crippen MR) is 49.8 cm³/mol. The smallest absolute Gasteiger partial charge is 0.389 e. The van der Waals surface area contributed by atoms with Crippen molar-refractivity contribution >= 4 is 0 Å². The van der Waals surface area contributed by atoms with Crippen molar-refractivity contribution in [3.8, 4) is 5.75 Å². The summed E-state index contributed by atoms with van der Waals surface area (Å²) in [4.78, 5) is 3.98. The van der Waals surface area contributed by atoms with Crippen LogP contribution in [0.1, 0.15) is 18.5 Å². The number of alkyl halides is 3. The molecular weight excluding hydrogens is 207 g/mol. The first-order valence-electron chi connectivity index (χ1n) is 4.57. The summed E-state index contributed by atoms with van der Waals surface area (Å²) >= 11 is 0. The van der Waals surface area contributed by atoms with Gasteiger partial charge in [0.2, 0.25) is 0 Å². The van der Waals surface area contributed by atoms with Crippen molar-refractivity contribution in [1.29, 1.82) is 0 Å². The molecule has 0 radical (unpaired) electrons. The second-order valence-electron chi connectivity index (χ2n) is 3.12. The second-order valence-corrected chi connectivity index (χ2v) is 3.12. The summed E-state index contributed by atoms with van der Waals surface area (Å²) in [6.45, 7) is 0. The van der Waals surface area contributed by atoms with Gasteiger partial charge in [0.25, 0.3) is 0 Å². The van der Waals surface area contributed by atoms with Crippen molar-refractivity contribution in [2.75, 3.05) is 7.11 Å². The lowest BCUT2D eigenvalue weighted by molar-refractivity contribution is -0.135. The van der Waals surface area contributed by atoms with Crippen LogP contribution in [0.25, 0.3) is 0 Å². The Morgan fingerprint density at radius 2 is 2.13 bits per heavy atom. The van der Waals surface area contributed by atoms with Crippen LogP contribution in [0.5, 0.6) is 5.75 Å². The highest BCUT2D eigenvalue weighted by molar-refractivity contribution is 5.26. The van der Waals surface area contributed by atoms with E-state index in [-0.39, 0.29) is 12.8 Å². The van der Waals surface area contributed by atoms with E-state index in [0.29, 0.717) is 11.4 Å². The molecule has 0 bridgehead atoms. The second kappa shape index (κ2) is 5.00. The van der Waals surface area contributed by atoms with Crippen LogP contribution >= 0.6 is 0 Å². The number of aryl methyl sites for hydroxylation is 1. The van der Waals surface area contributed by atoms with Crippen molar-refractivity contribution in [3.63, 3.8) is 0 Å². The van der Waals surface area contributed by atoms with Gasteiger partial charge in [0.1, 0.15) is 5.75 Å². The minimum atomic E-state index is -4.10. The number of methoxy groups -OCH3 is 1. The Balaban J connectivity index is 2.50. The predicted octanol–water partition coefficient (Wildman–Crippen LogP) is 2.98. The van der Waals surface area contributed by atoms with E-state index in [9.17, 15) is 13.2 Å². The van der Waals surface area contributed by atoms with Gasteiger partial charge in [-0.05, 0) is 25.0 Å². The third-order valence-electron chi connectivity index (χ3n) is 1.94. The summed E-state index contributed by atoms with van der Waals surface area (Å²) in [6.07, 6.45) is -3.01. The molecule has 1 heterocycles. The topological polar surface area (TPSA) is 22.1 Å². The number of hydrogen-bond donors (Lipinski definition) is 0. The summed E-state index contributed by atoms with van der Waals surface area (Å²) in [7, 11) is 1.48. The van der Waals surface area contributed by atoms with Gasteiger partial charge in [0, 0.05) is 12.6 Å². The first-order valence-corrected chi connectivity index (χ1v) is 4.57. The van der Waals surface area contributed by atoms with E-state index in [4.69, 9.17) is 4.74 Å². The Bertz CT molecular complexity index is 312. The van der Waals surface area contributed by atoms with Crippen molar-refractivity contribution in [2.24, 2.45) is 0 Å². The summed E-state index contributed by atoms with van der Waals surface area (Å²) in [6, 6.07) is 3.38. The minimum Gasteiger partial charge on any atom is -0.495 e. The van der Waals surface area contributed by atoms with E-state index in [2.05, 4.69) is 4.98 Å². The van der Waals surface area contributed by atoms with Gasteiger partial charge in [0.15, 0.2) is 0 Å². The van der Waals surface area contributed by atoms with E-state index >= 15 is 0 Å². The fraction of sp³-hybridized carbons (Fsp3) is 0.500. The first-order chi connectivity index (χ1) is 7.03. The molecule has 5 heteroatoms. The van der Waals surface area contributed by atoms with Gasteiger partial charge < -0.3 is 4.74 Å². The van der Waals surface area contributed by atoms with Gasteiger partial charge in [-0.2, -0.15) is 13.2 Å². The SMILES string of the molecule is COc1cccnc1CCCC(F)(F)F. The van der Waals surface area contributed by atoms with Gasteiger partial charge in [-0.25, -0.2) is 0 Å². The molecule has 0 spiro atoms. The van der Waals surface area contributed by atoms with Crippen molar-refractivity contribution in [2.45, 2.75) is 25.4 Å². The molecule has 0 aromatic carbocycles. The van der Waals surface area contributed by atoms with Crippen molar-refractivity contribution < 1.29 is 17.9 Å². The Hall–Kier alpha value is -1.26. The van der Waals surface area contributed by atoms with Gasteiger partial charge >= 0.3 is 6.18 Å². The molecule has 15 heavy (non-hydrogen) atoms. The van der Waals surface area contributed by atoms with E-state index in [1.165, 1.54) is 7.11 Å². The Labute approximate surface area is 86.1 Å². The molecule has 0 aliphatic carbocycles. The van der Waals surface area contributed by atoms with Crippen molar-refractivity contribution in [3.05, 3.63) is 24.0 Å². The first kappa shape index (κ1) is 11.8. The lowest BCUT2D eigenvalue weighted by atomic mass is 10.1. The number of pyridine rings is 1. The molecule has 0 aliphatic rings. The molecule has 0 unspecified atom stereocenters. The summed E-state index contributed by atoms with van der Waals surface area (Å²) < 4.78 is 40.7. The Kier molecular flexibility index (Phi) is 3.94. The molecule has 0 fully saturated rings. The van der Waals surface area contributed by atoms with Gasteiger partial charge in [-0.1, -0.05) is 0 Å². The van der Waals surface area contributed by atoms with Gasteiger partial charge in [-0.3, -0.25) is 4.98 Å². The number of ether oxygens (including phenoxy) is 1. The Morgan fingerprint density at radius 3 is 2.73 bits per heavy atom. The van der Waals surface area contributed by atoms with Crippen LogP contribution in [0.2, 0.25) is 0 Å². The standard InChI is InChI=1S/C10H12F3NO/c1-15-9-5-3-7-14-8(9)4-2-6-10(11,12)13/h3,5,7H,2,4,6H2,1H3. The summed E-state index contributed by atoms with van der Waals surface area (Å²) in [5.74, 6) is 0.541. The molecule has 1 aromatic heterocycles. The lowest BCUT2D eigenvalue weighted by Crippen LogP contribution is -2.07. The monoisotopic (exact) mass is 219 g/mol. The number of nitrogens with zero attached hydrogens (tertiary/aromatic N) is 1. The average Bonchev–Trinajstić information content (AvgIpc) is 2.16. The van der Waals surface area contributed by atoms with Crippen LogP contribution in [0.4, 0.5) is 13.2 Å². The van der Waals surface area contributed by atoms with E-state index < -0.39 is 12.6 Å².